The van der Waals surface area contributed by atoms with Gasteiger partial charge in [0.05, 0.1) is 5.69 Å². The number of rotatable bonds is 7. The van der Waals surface area contributed by atoms with Gasteiger partial charge in [-0.1, -0.05) is 17.3 Å². The Morgan fingerprint density at radius 3 is 2.88 bits per heavy atom. The molecular formula is C24H29N11O3S2. The number of nitrogens with two attached hydrogens (primary N) is 1. The number of sulfonamides is 1. The van der Waals surface area contributed by atoms with E-state index in [9.17, 15) is 13.2 Å². The fraction of sp³-hybridized carbons (Fsp3) is 0.417. The number of amides is 1. The second-order valence-corrected chi connectivity index (χ2v) is 13.1. The van der Waals surface area contributed by atoms with E-state index in [4.69, 9.17) is 11.1 Å². The number of likely N-dealkylation sites (N-methyl/N-ethyl adjacent to an activating group) is 1. The summed E-state index contributed by atoms with van der Waals surface area (Å²) in [5, 5.41) is 22.9. The van der Waals surface area contributed by atoms with Crippen LogP contribution in [0.3, 0.4) is 0 Å². The second kappa shape index (κ2) is 10.3. The number of aromatic amines is 2. The molecule has 16 heteroatoms. The molecule has 40 heavy (non-hydrogen) atoms. The summed E-state index contributed by atoms with van der Waals surface area (Å²) in [6, 6.07) is 6.25. The molecular weight excluding hydrogens is 554 g/mol. The molecule has 0 aliphatic carbocycles. The SMILES string of the molecule is CN1CCc2nc(C(=O)N3CCN(S(=O)(=O)c4cc5ccc(C(=N)N)cc5[nH]4)CC3CCc3nn[nH]n3)sc2C1. The standard InChI is InChI=1S/C24H29N11O3S2/c1-33-7-6-17-19(13-33)39-23(28-17)24(36)35-9-8-34(12-16(35)4-5-20-29-31-32-30-20)40(37,38)21-11-14-2-3-15(22(25)26)10-18(14)27-21/h2-3,10-11,16,27H,4-9,12-13H2,1H3,(H3,25,26)(H,29,30,31,32). The number of benzene rings is 1. The van der Waals surface area contributed by atoms with Gasteiger partial charge in [0.1, 0.15) is 10.9 Å². The quantitative estimate of drug-likeness (QED) is 0.178. The Balaban J connectivity index is 1.26. The van der Waals surface area contributed by atoms with Gasteiger partial charge in [0.15, 0.2) is 10.8 Å². The number of nitrogens with zero attached hydrogens (tertiary/aromatic N) is 7. The maximum absolute atomic E-state index is 13.7. The van der Waals surface area contributed by atoms with Crippen LogP contribution in [0.5, 0.6) is 0 Å². The fourth-order valence-electron chi connectivity index (χ4n) is 5.23. The molecule has 6 rings (SSSR count). The van der Waals surface area contributed by atoms with Crippen LogP contribution in [0.1, 0.15) is 38.2 Å². The zero-order valence-electron chi connectivity index (χ0n) is 21.8. The van der Waals surface area contributed by atoms with Crippen LogP contribution in [-0.4, -0.2) is 104 Å². The van der Waals surface area contributed by atoms with Gasteiger partial charge in [-0.2, -0.15) is 9.52 Å². The number of amidine groups is 1. The van der Waals surface area contributed by atoms with E-state index in [-0.39, 0.29) is 36.4 Å². The van der Waals surface area contributed by atoms with E-state index < -0.39 is 16.1 Å². The van der Waals surface area contributed by atoms with E-state index in [1.807, 2.05) is 7.05 Å². The minimum Gasteiger partial charge on any atom is -0.384 e. The van der Waals surface area contributed by atoms with Crippen molar-refractivity contribution in [1.29, 1.82) is 5.41 Å². The Morgan fingerprint density at radius 2 is 2.10 bits per heavy atom. The molecule has 0 bridgehead atoms. The number of hydrogen-bond acceptors (Lipinski definition) is 10. The number of H-pyrrole nitrogens is 2. The third-order valence-corrected chi connectivity index (χ3v) is 10.3. The van der Waals surface area contributed by atoms with Gasteiger partial charge in [-0.25, -0.2) is 13.4 Å². The highest BCUT2D eigenvalue weighted by atomic mass is 32.2. The predicted molar refractivity (Wildman–Crippen MR) is 148 cm³/mol. The highest BCUT2D eigenvalue weighted by Crippen LogP contribution is 2.29. The van der Waals surface area contributed by atoms with E-state index in [2.05, 4.69) is 35.5 Å². The first-order valence-corrected chi connectivity index (χ1v) is 15.1. The molecule has 0 spiro atoms. The molecule has 0 saturated carbocycles. The molecule has 1 aromatic carbocycles. The average Bonchev–Trinajstić information content (AvgIpc) is 3.70. The molecule has 5 N–H and O–H groups in total. The van der Waals surface area contributed by atoms with Crippen molar-refractivity contribution in [3.63, 3.8) is 0 Å². The van der Waals surface area contributed by atoms with Gasteiger partial charge >= 0.3 is 0 Å². The summed E-state index contributed by atoms with van der Waals surface area (Å²) in [6.45, 7) is 2.17. The average molecular weight is 584 g/mol. The number of nitrogen functional groups attached to an aromatic ring is 1. The number of piperazine rings is 1. The molecule has 1 atom stereocenters. The van der Waals surface area contributed by atoms with Crippen molar-refractivity contribution in [2.75, 3.05) is 33.2 Å². The lowest BCUT2D eigenvalue weighted by atomic mass is 10.1. The first-order valence-electron chi connectivity index (χ1n) is 12.9. The number of nitrogens with one attached hydrogen (secondary N) is 3. The van der Waals surface area contributed by atoms with Crippen LogP contribution < -0.4 is 5.73 Å². The third-order valence-electron chi connectivity index (χ3n) is 7.43. The van der Waals surface area contributed by atoms with Crippen molar-refractivity contribution >= 4 is 44.0 Å². The zero-order valence-corrected chi connectivity index (χ0v) is 23.4. The van der Waals surface area contributed by atoms with E-state index in [0.29, 0.717) is 40.1 Å². The monoisotopic (exact) mass is 583 g/mol. The molecule has 2 aliphatic heterocycles. The lowest BCUT2D eigenvalue weighted by Gasteiger charge is -2.40. The molecule has 1 fully saturated rings. The first kappa shape index (κ1) is 26.5. The van der Waals surface area contributed by atoms with Gasteiger partial charge in [-0.3, -0.25) is 10.2 Å². The minimum absolute atomic E-state index is 0.0524. The number of hydrogen-bond donors (Lipinski definition) is 4. The van der Waals surface area contributed by atoms with Gasteiger partial charge < -0.3 is 20.5 Å². The maximum atomic E-state index is 13.7. The molecule has 5 heterocycles. The summed E-state index contributed by atoms with van der Waals surface area (Å²) in [5.74, 6) is 0.218. The van der Waals surface area contributed by atoms with Crippen LogP contribution in [0.15, 0.2) is 29.3 Å². The van der Waals surface area contributed by atoms with Crippen molar-refractivity contribution in [2.24, 2.45) is 5.73 Å². The Morgan fingerprint density at radius 1 is 1.25 bits per heavy atom. The number of aromatic nitrogens is 6. The Hall–Kier alpha value is -3.73. The van der Waals surface area contributed by atoms with Gasteiger partial charge in [0.2, 0.25) is 0 Å². The zero-order chi connectivity index (χ0) is 28.0. The number of fused-ring (bicyclic) bond motifs is 2. The second-order valence-electron chi connectivity index (χ2n) is 10.1. The van der Waals surface area contributed by atoms with Crippen LogP contribution in [-0.2, 0) is 29.4 Å². The van der Waals surface area contributed by atoms with Crippen LogP contribution in [0.4, 0.5) is 0 Å². The summed E-state index contributed by atoms with van der Waals surface area (Å²) < 4.78 is 28.9. The summed E-state index contributed by atoms with van der Waals surface area (Å²) in [5.41, 5.74) is 7.65. The molecule has 2 aliphatic rings. The maximum Gasteiger partial charge on any atom is 0.283 e. The summed E-state index contributed by atoms with van der Waals surface area (Å²) >= 11 is 1.42. The Kier molecular flexibility index (Phi) is 6.85. The molecule has 0 radical (unpaired) electrons. The lowest BCUT2D eigenvalue weighted by Crippen LogP contribution is -2.56. The highest BCUT2D eigenvalue weighted by molar-refractivity contribution is 7.89. The number of carbonyl (C=O) groups is 1. The van der Waals surface area contributed by atoms with E-state index in [1.165, 1.54) is 15.6 Å². The minimum atomic E-state index is -3.90. The van der Waals surface area contributed by atoms with Gasteiger partial charge in [0.25, 0.3) is 15.9 Å². The fourth-order valence-corrected chi connectivity index (χ4v) is 7.85. The van der Waals surface area contributed by atoms with Crippen molar-refractivity contribution in [1.82, 2.24) is 44.7 Å². The van der Waals surface area contributed by atoms with Crippen molar-refractivity contribution in [3.8, 4) is 0 Å². The number of thiazole rings is 1. The molecule has 1 unspecified atom stereocenters. The van der Waals surface area contributed by atoms with Crippen molar-refractivity contribution < 1.29 is 13.2 Å². The van der Waals surface area contributed by atoms with Gasteiger partial charge in [0, 0.05) is 73.0 Å². The highest BCUT2D eigenvalue weighted by Gasteiger charge is 2.38. The van der Waals surface area contributed by atoms with Crippen molar-refractivity contribution in [3.05, 3.63) is 51.2 Å². The van der Waals surface area contributed by atoms with Gasteiger partial charge in [-0.05, 0) is 25.6 Å². The molecule has 1 amide bonds. The first-order chi connectivity index (χ1) is 19.2. The normalized spacial score (nSPS) is 18.7. The molecule has 1 saturated heterocycles. The summed E-state index contributed by atoms with van der Waals surface area (Å²) in [4.78, 5) is 26.4. The van der Waals surface area contributed by atoms with Crippen molar-refractivity contribution in [2.45, 2.75) is 36.9 Å². The molecule has 210 valence electrons. The van der Waals surface area contributed by atoms with Crippen LogP contribution in [0.25, 0.3) is 10.9 Å². The summed E-state index contributed by atoms with van der Waals surface area (Å²) in [6.07, 6.45) is 1.69. The largest absolute Gasteiger partial charge is 0.384 e. The Labute approximate surface area is 234 Å². The Bertz CT molecular complexity index is 1680. The van der Waals surface area contributed by atoms with Crippen LogP contribution in [0.2, 0.25) is 0 Å². The smallest absolute Gasteiger partial charge is 0.283 e. The topological polar surface area (TPSA) is 194 Å². The summed E-state index contributed by atoms with van der Waals surface area (Å²) in [7, 11) is -1.85. The predicted octanol–water partition coefficient (Wildman–Crippen LogP) is 0.558. The molecule has 3 aromatic heterocycles. The van der Waals surface area contributed by atoms with E-state index in [0.717, 1.165) is 30.1 Å². The van der Waals surface area contributed by atoms with Crippen LogP contribution >= 0.6 is 11.3 Å². The van der Waals surface area contributed by atoms with Crippen LogP contribution in [0, 0.1) is 5.41 Å². The number of carbonyl (C=O) groups excluding carboxylic acids is 1. The lowest BCUT2D eigenvalue weighted by molar-refractivity contribution is 0.0550. The molecule has 14 nitrogen and oxygen atoms in total. The number of tetrazole rings is 1. The number of aryl methyl sites for hydroxylation is 1. The van der Waals surface area contributed by atoms with E-state index in [1.54, 1.807) is 29.2 Å². The third kappa shape index (κ3) is 4.98. The molecule has 4 aromatic rings. The van der Waals surface area contributed by atoms with Gasteiger partial charge in [-0.15, -0.1) is 21.5 Å². The van der Waals surface area contributed by atoms with E-state index >= 15 is 0 Å².